The molecular weight excluding hydrogens is 344 g/mol. The van der Waals surface area contributed by atoms with Gasteiger partial charge in [-0.3, -0.25) is 4.79 Å². The number of phenolic OH excluding ortho intramolecular Hbond substituents is 2. The van der Waals surface area contributed by atoms with E-state index in [1.165, 1.54) is 0 Å². The van der Waals surface area contributed by atoms with Crippen LogP contribution in [0.25, 0.3) is 20.5 Å². The van der Waals surface area contributed by atoms with Crippen molar-refractivity contribution in [1.82, 2.24) is 0 Å². The maximum Gasteiger partial charge on any atom is 0.195 e. The summed E-state index contributed by atoms with van der Waals surface area (Å²) in [7, 11) is 0. The number of carbonyl (C=O) groups excluding carboxylic acids is 1. The van der Waals surface area contributed by atoms with E-state index in [1.807, 2.05) is 36.4 Å². The highest BCUT2D eigenvalue weighted by molar-refractivity contribution is 7.22. The summed E-state index contributed by atoms with van der Waals surface area (Å²) in [6, 6.07) is 19.6. The first kappa shape index (κ1) is 16.4. The van der Waals surface area contributed by atoms with Gasteiger partial charge in [0.05, 0.1) is 0 Å². The second-order valence-corrected chi connectivity index (χ2v) is 7.23. The minimum absolute atomic E-state index is 0.0753. The van der Waals surface area contributed by atoms with E-state index in [-0.39, 0.29) is 17.3 Å². The molecule has 1 heterocycles. The Morgan fingerprint density at radius 1 is 0.923 bits per heavy atom. The number of hydrogen-bond donors (Lipinski definition) is 2. The summed E-state index contributed by atoms with van der Waals surface area (Å²) in [4.78, 5) is 14.2. The summed E-state index contributed by atoms with van der Waals surface area (Å²) in [5.74, 6) is 0.293. The lowest BCUT2D eigenvalue weighted by Crippen LogP contribution is -2.02. The van der Waals surface area contributed by atoms with E-state index < -0.39 is 0 Å². The number of ketones is 1. The third kappa shape index (κ3) is 2.74. The molecule has 0 fully saturated rings. The quantitative estimate of drug-likeness (QED) is 0.473. The number of benzene rings is 3. The lowest BCUT2D eigenvalue weighted by atomic mass is 9.96. The summed E-state index contributed by atoms with van der Waals surface area (Å²) in [5, 5.41) is 20.2. The number of phenols is 2. The normalized spacial score (nSPS) is 11.0. The molecule has 0 radical (unpaired) electrons. The first-order valence-corrected chi connectivity index (χ1v) is 9.01. The predicted molar refractivity (Wildman–Crippen MR) is 105 cm³/mol. The summed E-state index contributed by atoms with van der Waals surface area (Å²) in [5.41, 5.74) is 2.76. The number of aromatic hydroxyl groups is 2. The third-order valence-corrected chi connectivity index (χ3v) is 5.63. The Morgan fingerprint density at radius 2 is 1.65 bits per heavy atom. The van der Waals surface area contributed by atoms with Crippen molar-refractivity contribution in [3.63, 3.8) is 0 Å². The molecule has 4 rings (SSSR count). The van der Waals surface area contributed by atoms with Crippen LogP contribution in [0.5, 0.6) is 11.5 Å². The molecule has 0 saturated carbocycles. The Balaban J connectivity index is 1.95. The summed E-state index contributed by atoms with van der Waals surface area (Å²) in [6.07, 6.45) is 0. The molecule has 1 aromatic heterocycles. The standard InChI is InChI=1S/C22H16O3S/c1-13-12-15(8-11-18(13)24)21(25)20-17-4-2-3-5-19(17)26-22(20)14-6-9-16(23)10-7-14/h2-12,23-24H,1H3. The minimum atomic E-state index is -0.0753. The molecule has 4 aromatic rings. The molecule has 0 aliphatic rings. The summed E-state index contributed by atoms with van der Waals surface area (Å²) in [6.45, 7) is 1.78. The maximum absolute atomic E-state index is 13.3. The third-order valence-electron chi connectivity index (χ3n) is 4.41. The van der Waals surface area contributed by atoms with Crippen LogP contribution in [0.3, 0.4) is 0 Å². The monoisotopic (exact) mass is 360 g/mol. The fourth-order valence-corrected chi connectivity index (χ4v) is 4.23. The molecule has 0 aliphatic heterocycles. The van der Waals surface area contributed by atoms with Crippen molar-refractivity contribution in [3.05, 3.63) is 83.4 Å². The molecule has 0 saturated heterocycles. The molecule has 128 valence electrons. The highest BCUT2D eigenvalue weighted by Crippen LogP contribution is 2.40. The lowest BCUT2D eigenvalue weighted by molar-refractivity contribution is 0.104. The van der Waals surface area contributed by atoms with Crippen molar-refractivity contribution in [1.29, 1.82) is 0 Å². The molecule has 4 heteroatoms. The number of fused-ring (bicyclic) bond motifs is 1. The molecule has 0 bridgehead atoms. The fraction of sp³-hybridized carbons (Fsp3) is 0.0455. The highest BCUT2D eigenvalue weighted by atomic mass is 32.1. The predicted octanol–water partition coefficient (Wildman–Crippen LogP) is 5.52. The summed E-state index contributed by atoms with van der Waals surface area (Å²) < 4.78 is 1.04. The van der Waals surface area contributed by atoms with Crippen molar-refractivity contribution in [2.45, 2.75) is 6.92 Å². The van der Waals surface area contributed by atoms with Gasteiger partial charge in [-0.05, 0) is 66.6 Å². The largest absolute Gasteiger partial charge is 0.508 e. The van der Waals surface area contributed by atoms with Gasteiger partial charge in [-0.2, -0.15) is 0 Å². The molecule has 26 heavy (non-hydrogen) atoms. The Morgan fingerprint density at radius 3 is 2.38 bits per heavy atom. The van der Waals surface area contributed by atoms with Gasteiger partial charge < -0.3 is 10.2 Å². The Kier molecular flexibility index (Phi) is 3.98. The first-order chi connectivity index (χ1) is 12.5. The molecule has 2 N–H and O–H groups in total. The Bertz CT molecular complexity index is 1120. The Labute approximate surface area is 154 Å². The maximum atomic E-state index is 13.3. The van der Waals surface area contributed by atoms with E-state index >= 15 is 0 Å². The van der Waals surface area contributed by atoms with Gasteiger partial charge in [0, 0.05) is 26.1 Å². The van der Waals surface area contributed by atoms with Gasteiger partial charge in [0.15, 0.2) is 5.78 Å². The van der Waals surface area contributed by atoms with Gasteiger partial charge in [-0.15, -0.1) is 11.3 Å². The first-order valence-electron chi connectivity index (χ1n) is 8.20. The zero-order valence-corrected chi connectivity index (χ0v) is 14.9. The van der Waals surface area contributed by atoms with Crippen LogP contribution >= 0.6 is 11.3 Å². The van der Waals surface area contributed by atoms with Gasteiger partial charge in [0.1, 0.15) is 11.5 Å². The molecule has 0 atom stereocenters. The molecular formula is C22H16O3S. The van der Waals surface area contributed by atoms with Crippen LogP contribution in [0.2, 0.25) is 0 Å². The van der Waals surface area contributed by atoms with Gasteiger partial charge in [-0.1, -0.05) is 18.2 Å². The lowest BCUT2D eigenvalue weighted by Gasteiger charge is -2.07. The molecule has 0 amide bonds. The van der Waals surface area contributed by atoms with Crippen LogP contribution in [0.1, 0.15) is 21.5 Å². The smallest absolute Gasteiger partial charge is 0.195 e. The van der Waals surface area contributed by atoms with Crippen LogP contribution in [0.15, 0.2) is 66.7 Å². The van der Waals surface area contributed by atoms with E-state index in [2.05, 4.69) is 0 Å². The average molecular weight is 360 g/mol. The van der Waals surface area contributed by atoms with Crippen LogP contribution in [0.4, 0.5) is 0 Å². The second kappa shape index (κ2) is 6.32. The van der Waals surface area contributed by atoms with E-state index in [0.717, 1.165) is 20.5 Å². The van der Waals surface area contributed by atoms with Crippen LogP contribution in [-0.2, 0) is 0 Å². The zero-order chi connectivity index (χ0) is 18.3. The molecule has 0 aliphatic carbocycles. The molecule has 3 aromatic carbocycles. The highest BCUT2D eigenvalue weighted by Gasteiger charge is 2.21. The van der Waals surface area contributed by atoms with E-state index in [0.29, 0.717) is 16.7 Å². The number of carbonyl (C=O) groups is 1. The number of rotatable bonds is 3. The van der Waals surface area contributed by atoms with Crippen molar-refractivity contribution < 1.29 is 15.0 Å². The van der Waals surface area contributed by atoms with Gasteiger partial charge in [0.25, 0.3) is 0 Å². The minimum Gasteiger partial charge on any atom is -0.508 e. The second-order valence-electron chi connectivity index (χ2n) is 6.18. The molecule has 0 spiro atoms. The van der Waals surface area contributed by atoms with Crippen molar-refractivity contribution in [2.75, 3.05) is 0 Å². The average Bonchev–Trinajstić information content (AvgIpc) is 3.03. The van der Waals surface area contributed by atoms with Crippen molar-refractivity contribution in [3.8, 4) is 21.9 Å². The topological polar surface area (TPSA) is 57.5 Å². The molecule has 3 nitrogen and oxygen atoms in total. The van der Waals surface area contributed by atoms with Gasteiger partial charge >= 0.3 is 0 Å². The van der Waals surface area contributed by atoms with E-state index in [9.17, 15) is 15.0 Å². The van der Waals surface area contributed by atoms with E-state index in [1.54, 1.807) is 48.6 Å². The number of aryl methyl sites for hydroxylation is 1. The van der Waals surface area contributed by atoms with Gasteiger partial charge in [-0.25, -0.2) is 0 Å². The number of thiophene rings is 1. The zero-order valence-electron chi connectivity index (χ0n) is 14.1. The van der Waals surface area contributed by atoms with Crippen LogP contribution < -0.4 is 0 Å². The van der Waals surface area contributed by atoms with Crippen molar-refractivity contribution in [2.24, 2.45) is 0 Å². The SMILES string of the molecule is Cc1cc(C(=O)c2c(-c3ccc(O)cc3)sc3ccccc23)ccc1O. The summed E-state index contributed by atoms with van der Waals surface area (Å²) >= 11 is 1.56. The number of hydrogen-bond acceptors (Lipinski definition) is 4. The van der Waals surface area contributed by atoms with Crippen molar-refractivity contribution >= 4 is 27.2 Å². The van der Waals surface area contributed by atoms with Crippen LogP contribution in [0, 0.1) is 6.92 Å². The molecule has 0 unspecified atom stereocenters. The van der Waals surface area contributed by atoms with Crippen LogP contribution in [-0.4, -0.2) is 16.0 Å². The van der Waals surface area contributed by atoms with Gasteiger partial charge in [0.2, 0.25) is 0 Å². The van der Waals surface area contributed by atoms with E-state index in [4.69, 9.17) is 0 Å². The fourth-order valence-electron chi connectivity index (χ4n) is 3.03. The Hall–Kier alpha value is -3.11.